The summed E-state index contributed by atoms with van der Waals surface area (Å²) in [6.45, 7) is 5.45. The van der Waals surface area contributed by atoms with Crippen LogP contribution in [-0.4, -0.2) is 69.3 Å². The summed E-state index contributed by atoms with van der Waals surface area (Å²) < 4.78 is 1.69. The van der Waals surface area contributed by atoms with Gasteiger partial charge in [-0.2, -0.15) is 10.4 Å². The zero-order chi connectivity index (χ0) is 23.8. The van der Waals surface area contributed by atoms with Crippen LogP contribution in [0.15, 0.2) is 24.4 Å². The van der Waals surface area contributed by atoms with E-state index in [-0.39, 0.29) is 23.7 Å². The predicted molar refractivity (Wildman–Crippen MR) is 130 cm³/mol. The molecule has 1 aromatic carbocycles. The first-order chi connectivity index (χ1) is 16.5. The van der Waals surface area contributed by atoms with E-state index in [2.05, 4.69) is 26.4 Å². The number of amides is 1. The fourth-order valence-electron chi connectivity index (χ4n) is 4.64. The minimum absolute atomic E-state index is 0.0531. The number of hydrogen-bond donors (Lipinski definition) is 1. The maximum Gasteiger partial charge on any atom is 0.239 e. The molecular formula is C23H24Cl2N8O. The van der Waals surface area contributed by atoms with Crippen LogP contribution >= 0.6 is 23.2 Å². The van der Waals surface area contributed by atoms with Gasteiger partial charge in [-0.25, -0.2) is 14.6 Å². The van der Waals surface area contributed by atoms with Crippen molar-refractivity contribution in [2.75, 3.05) is 37.6 Å². The van der Waals surface area contributed by atoms with Gasteiger partial charge >= 0.3 is 0 Å². The maximum absolute atomic E-state index is 12.7. The number of piperazine rings is 1. The maximum atomic E-state index is 12.7. The van der Waals surface area contributed by atoms with E-state index in [9.17, 15) is 10.1 Å². The zero-order valence-corrected chi connectivity index (χ0v) is 20.2. The highest BCUT2D eigenvalue weighted by atomic mass is 35.5. The van der Waals surface area contributed by atoms with E-state index < -0.39 is 0 Å². The van der Waals surface area contributed by atoms with Crippen molar-refractivity contribution in [2.24, 2.45) is 0 Å². The molecule has 0 radical (unpaired) electrons. The SMILES string of the molecule is CC(c1ccc(Cl)cc1Cl)n1nc(C#N)c2ncc(N3CCN(C(=O)[C@H]4CCCN4)CC3)nc21. The lowest BCUT2D eigenvalue weighted by atomic mass is 10.1. The first-order valence-electron chi connectivity index (χ1n) is 11.3. The van der Waals surface area contributed by atoms with Gasteiger partial charge < -0.3 is 15.1 Å². The third-order valence-corrected chi connectivity index (χ3v) is 7.11. The van der Waals surface area contributed by atoms with E-state index in [4.69, 9.17) is 28.2 Å². The number of halogens is 2. The van der Waals surface area contributed by atoms with E-state index >= 15 is 0 Å². The first-order valence-corrected chi connectivity index (χ1v) is 12.1. The number of nitrogens with zero attached hydrogens (tertiary/aromatic N) is 7. The molecule has 0 bridgehead atoms. The van der Waals surface area contributed by atoms with Gasteiger partial charge in [0.2, 0.25) is 5.91 Å². The van der Waals surface area contributed by atoms with E-state index in [1.807, 2.05) is 17.9 Å². The van der Waals surface area contributed by atoms with Gasteiger partial charge in [0.25, 0.3) is 0 Å². The van der Waals surface area contributed by atoms with Crippen molar-refractivity contribution in [2.45, 2.75) is 31.8 Å². The molecule has 176 valence electrons. The summed E-state index contributed by atoms with van der Waals surface area (Å²) in [4.78, 5) is 26.1. The predicted octanol–water partition coefficient (Wildman–Crippen LogP) is 3.01. The highest BCUT2D eigenvalue weighted by molar-refractivity contribution is 6.35. The number of anilines is 1. The van der Waals surface area contributed by atoms with Crippen molar-refractivity contribution < 1.29 is 4.79 Å². The number of carbonyl (C=O) groups is 1. The minimum Gasteiger partial charge on any atom is -0.352 e. The second-order valence-electron chi connectivity index (χ2n) is 8.61. The van der Waals surface area contributed by atoms with Crippen molar-refractivity contribution in [3.8, 4) is 6.07 Å². The average Bonchev–Trinajstić information content (AvgIpc) is 3.51. The summed E-state index contributed by atoms with van der Waals surface area (Å²) in [6.07, 6.45) is 3.62. The van der Waals surface area contributed by atoms with Crippen LogP contribution in [0.5, 0.6) is 0 Å². The molecule has 2 aliphatic rings. The smallest absolute Gasteiger partial charge is 0.239 e. The standard InChI is InChI=1S/C23H24Cl2N8O/c1-14(16-5-4-15(24)11-17(16)25)33-22-21(19(12-26)30-33)28-13-20(29-22)31-7-9-32(10-8-31)23(34)18-3-2-6-27-18/h4-5,11,13-14,18,27H,2-3,6-10H2,1H3/t14?,18-/m1/s1. The Kier molecular flexibility index (Phi) is 6.30. The van der Waals surface area contributed by atoms with Crippen LogP contribution in [0.1, 0.15) is 37.1 Å². The lowest BCUT2D eigenvalue weighted by Crippen LogP contribution is -2.53. The second kappa shape index (κ2) is 9.37. The van der Waals surface area contributed by atoms with Crippen molar-refractivity contribution in [3.63, 3.8) is 0 Å². The summed E-state index contributed by atoms with van der Waals surface area (Å²) >= 11 is 12.5. The van der Waals surface area contributed by atoms with Gasteiger partial charge in [-0.1, -0.05) is 29.3 Å². The number of hydrogen-bond acceptors (Lipinski definition) is 7. The number of nitriles is 1. The van der Waals surface area contributed by atoms with Crippen LogP contribution in [0, 0.1) is 11.3 Å². The Balaban J connectivity index is 1.41. The third-order valence-electron chi connectivity index (χ3n) is 6.55. The molecule has 1 amide bonds. The molecule has 4 heterocycles. The van der Waals surface area contributed by atoms with E-state index in [0.29, 0.717) is 53.2 Å². The summed E-state index contributed by atoms with van der Waals surface area (Å²) in [5, 5.41) is 18.4. The molecule has 34 heavy (non-hydrogen) atoms. The van der Waals surface area contributed by atoms with Crippen LogP contribution in [-0.2, 0) is 4.79 Å². The Morgan fingerprint density at radius 2 is 2.06 bits per heavy atom. The van der Waals surface area contributed by atoms with Crippen LogP contribution in [0.2, 0.25) is 10.0 Å². The van der Waals surface area contributed by atoms with Crippen molar-refractivity contribution >= 4 is 46.1 Å². The number of benzene rings is 1. The van der Waals surface area contributed by atoms with Crippen LogP contribution in [0.3, 0.4) is 0 Å². The molecule has 5 rings (SSSR count). The highest BCUT2D eigenvalue weighted by Crippen LogP contribution is 2.31. The molecule has 0 spiro atoms. The molecule has 3 aromatic rings. The molecule has 1 N–H and O–H groups in total. The normalized spacial score (nSPS) is 19.4. The number of rotatable bonds is 4. The number of carbonyl (C=O) groups excluding carboxylic acids is 1. The summed E-state index contributed by atoms with van der Waals surface area (Å²) in [7, 11) is 0. The lowest BCUT2D eigenvalue weighted by molar-refractivity contribution is -0.133. The van der Waals surface area contributed by atoms with Crippen molar-refractivity contribution in [3.05, 3.63) is 45.7 Å². The zero-order valence-electron chi connectivity index (χ0n) is 18.7. The fourth-order valence-corrected chi connectivity index (χ4v) is 5.21. The Morgan fingerprint density at radius 1 is 1.26 bits per heavy atom. The van der Waals surface area contributed by atoms with Gasteiger partial charge in [-0.15, -0.1) is 0 Å². The van der Waals surface area contributed by atoms with E-state index in [1.165, 1.54) is 0 Å². The monoisotopic (exact) mass is 498 g/mol. The summed E-state index contributed by atoms with van der Waals surface area (Å²) in [6, 6.07) is 7.08. The Labute approximate surface area is 207 Å². The van der Waals surface area contributed by atoms with Gasteiger partial charge in [0.05, 0.1) is 18.3 Å². The van der Waals surface area contributed by atoms with Crippen LogP contribution in [0.4, 0.5) is 5.82 Å². The van der Waals surface area contributed by atoms with E-state index in [0.717, 1.165) is 24.9 Å². The molecule has 0 aliphatic carbocycles. The summed E-state index contributed by atoms with van der Waals surface area (Å²) in [5.74, 6) is 0.878. The molecule has 9 nitrogen and oxygen atoms in total. The highest BCUT2D eigenvalue weighted by Gasteiger charge is 2.30. The topological polar surface area (TPSA) is 103 Å². The number of aromatic nitrogens is 4. The summed E-state index contributed by atoms with van der Waals surface area (Å²) in [5.41, 5.74) is 2.00. The molecule has 2 aliphatic heterocycles. The van der Waals surface area contributed by atoms with Crippen molar-refractivity contribution in [1.29, 1.82) is 5.26 Å². The Morgan fingerprint density at radius 3 is 2.74 bits per heavy atom. The minimum atomic E-state index is -0.285. The van der Waals surface area contributed by atoms with E-state index in [1.54, 1.807) is 23.0 Å². The lowest BCUT2D eigenvalue weighted by Gasteiger charge is -2.36. The van der Waals surface area contributed by atoms with Crippen molar-refractivity contribution in [1.82, 2.24) is 30.0 Å². The molecule has 2 fully saturated rings. The average molecular weight is 499 g/mol. The molecule has 2 atom stereocenters. The van der Waals surface area contributed by atoms with Gasteiger partial charge in [-0.05, 0) is 44.0 Å². The van der Waals surface area contributed by atoms with Gasteiger partial charge in [0.15, 0.2) is 11.3 Å². The number of fused-ring (bicyclic) bond motifs is 1. The molecule has 1 unspecified atom stereocenters. The molecule has 11 heteroatoms. The Hall–Kier alpha value is -2.93. The molecular weight excluding hydrogens is 475 g/mol. The van der Waals surface area contributed by atoms with Crippen LogP contribution < -0.4 is 10.2 Å². The fraction of sp³-hybridized carbons (Fsp3) is 0.435. The van der Waals surface area contributed by atoms with Gasteiger partial charge in [0.1, 0.15) is 17.4 Å². The third kappa shape index (κ3) is 4.17. The second-order valence-corrected chi connectivity index (χ2v) is 9.45. The molecule has 2 saturated heterocycles. The number of nitrogens with one attached hydrogen (secondary N) is 1. The quantitative estimate of drug-likeness (QED) is 0.589. The first kappa shape index (κ1) is 22.8. The van der Waals surface area contributed by atoms with Gasteiger partial charge in [-0.3, -0.25) is 4.79 Å². The largest absolute Gasteiger partial charge is 0.352 e. The molecule has 2 aromatic heterocycles. The van der Waals surface area contributed by atoms with Crippen LogP contribution in [0.25, 0.3) is 11.2 Å². The molecule has 0 saturated carbocycles. The Bertz CT molecular complexity index is 1270. The van der Waals surface area contributed by atoms with Gasteiger partial charge in [0, 0.05) is 36.2 Å².